The number of carbonyl (C=O) groups excluding carboxylic acids is 1. The third-order valence-electron chi connectivity index (χ3n) is 4.41. The fourth-order valence-corrected chi connectivity index (χ4v) is 3.15. The second-order valence-electron chi connectivity index (χ2n) is 6.29. The van der Waals surface area contributed by atoms with Crippen LogP contribution in [0.25, 0.3) is 11.0 Å². The number of rotatable bonds is 4. The Bertz CT molecular complexity index is 910. The minimum atomic E-state index is -0.289. The summed E-state index contributed by atoms with van der Waals surface area (Å²) in [4.78, 5) is 24.6. The Kier molecular flexibility index (Phi) is 4.53. The van der Waals surface area contributed by atoms with Crippen molar-refractivity contribution in [3.8, 4) is 5.88 Å². The summed E-state index contributed by atoms with van der Waals surface area (Å²) in [7, 11) is 0. The summed E-state index contributed by atoms with van der Waals surface area (Å²) < 4.78 is 11.4. The van der Waals surface area contributed by atoms with Crippen LogP contribution >= 0.6 is 0 Å². The Hall–Kier alpha value is -2.93. The Morgan fingerprint density at radius 3 is 3.08 bits per heavy atom. The van der Waals surface area contributed by atoms with Crippen molar-refractivity contribution in [3.05, 3.63) is 54.0 Å². The molecule has 1 aliphatic rings. The van der Waals surface area contributed by atoms with Gasteiger partial charge in [-0.15, -0.1) is 0 Å². The first-order chi connectivity index (χ1) is 12.7. The van der Waals surface area contributed by atoms with Crippen LogP contribution in [0.15, 0.2) is 42.6 Å². The van der Waals surface area contributed by atoms with E-state index in [0.29, 0.717) is 36.6 Å². The van der Waals surface area contributed by atoms with Crippen molar-refractivity contribution in [2.75, 3.05) is 13.2 Å². The van der Waals surface area contributed by atoms with Gasteiger partial charge < -0.3 is 19.8 Å². The van der Waals surface area contributed by atoms with Gasteiger partial charge in [-0.3, -0.25) is 4.79 Å². The topological polar surface area (TPSA) is 89.1 Å². The number of aromatic amines is 1. The van der Waals surface area contributed by atoms with Crippen molar-refractivity contribution in [1.29, 1.82) is 0 Å². The first-order valence-electron chi connectivity index (χ1n) is 8.62. The normalized spacial score (nSPS) is 20.0. The molecule has 0 bridgehead atoms. The SMILES string of the molecule is Cc1nc2c(C(=O)N[C@@H]3CCOC[C@H]3Oc3ccccn3)cccc2[nH]1. The summed E-state index contributed by atoms with van der Waals surface area (Å²) in [5.74, 6) is 1.14. The molecule has 1 aliphatic heterocycles. The summed E-state index contributed by atoms with van der Waals surface area (Å²) >= 11 is 0. The van der Waals surface area contributed by atoms with Gasteiger partial charge in [-0.1, -0.05) is 12.1 Å². The maximum atomic E-state index is 12.9. The quantitative estimate of drug-likeness (QED) is 0.752. The molecule has 2 N–H and O–H groups in total. The van der Waals surface area contributed by atoms with Gasteiger partial charge >= 0.3 is 0 Å². The van der Waals surface area contributed by atoms with Gasteiger partial charge in [0.1, 0.15) is 17.4 Å². The summed E-state index contributed by atoms with van der Waals surface area (Å²) in [6, 6.07) is 10.9. The molecule has 0 spiro atoms. The van der Waals surface area contributed by atoms with Crippen molar-refractivity contribution in [2.24, 2.45) is 0 Å². The highest BCUT2D eigenvalue weighted by Crippen LogP contribution is 2.19. The molecule has 1 amide bonds. The number of benzene rings is 1. The molecule has 1 fully saturated rings. The molecular formula is C19H20N4O3. The number of para-hydroxylation sites is 1. The van der Waals surface area contributed by atoms with E-state index in [9.17, 15) is 4.79 Å². The molecule has 3 heterocycles. The van der Waals surface area contributed by atoms with Gasteiger partial charge in [0.05, 0.1) is 23.7 Å². The van der Waals surface area contributed by atoms with Crippen molar-refractivity contribution in [2.45, 2.75) is 25.5 Å². The van der Waals surface area contributed by atoms with Crippen LogP contribution < -0.4 is 10.1 Å². The van der Waals surface area contributed by atoms with Gasteiger partial charge in [-0.05, 0) is 31.5 Å². The van der Waals surface area contributed by atoms with Crippen LogP contribution in [-0.2, 0) is 4.74 Å². The highest BCUT2D eigenvalue weighted by atomic mass is 16.5. The van der Waals surface area contributed by atoms with E-state index in [1.54, 1.807) is 18.3 Å². The zero-order chi connectivity index (χ0) is 17.9. The van der Waals surface area contributed by atoms with E-state index in [2.05, 4.69) is 20.3 Å². The number of amides is 1. The van der Waals surface area contributed by atoms with E-state index in [0.717, 1.165) is 11.3 Å². The fraction of sp³-hybridized carbons (Fsp3) is 0.316. The Morgan fingerprint density at radius 2 is 2.23 bits per heavy atom. The predicted molar refractivity (Wildman–Crippen MR) is 96.2 cm³/mol. The van der Waals surface area contributed by atoms with E-state index >= 15 is 0 Å². The van der Waals surface area contributed by atoms with Crippen LogP contribution in [-0.4, -0.2) is 46.2 Å². The maximum Gasteiger partial charge on any atom is 0.253 e. The predicted octanol–water partition coefficient (Wildman–Crippen LogP) is 2.23. The van der Waals surface area contributed by atoms with Crippen LogP contribution in [0, 0.1) is 6.92 Å². The zero-order valence-corrected chi connectivity index (χ0v) is 14.4. The third kappa shape index (κ3) is 3.39. The Morgan fingerprint density at radius 1 is 1.31 bits per heavy atom. The van der Waals surface area contributed by atoms with Crippen LogP contribution in [0.2, 0.25) is 0 Å². The highest BCUT2D eigenvalue weighted by molar-refractivity contribution is 6.05. The second-order valence-corrected chi connectivity index (χ2v) is 6.29. The van der Waals surface area contributed by atoms with Gasteiger partial charge in [0.2, 0.25) is 5.88 Å². The van der Waals surface area contributed by atoms with Crippen molar-refractivity contribution in [1.82, 2.24) is 20.3 Å². The standard InChI is InChI=1S/C19H20N4O3/c1-12-21-15-6-4-5-13(18(15)22-12)19(24)23-14-8-10-25-11-16(14)26-17-7-2-3-9-20-17/h2-7,9,14,16H,8,10-11H2,1H3,(H,21,22)(H,23,24)/t14-,16-/m1/s1. The number of aryl methyl sites for hydroxylation is 1. The maximum absolute atomic E-state index is 12.9. The van der Waals surface area contributed by atoms with Gasteiger partial charge in [0.25, 0.3) is 5.91 Å². The average Bonchev–Trinajstić information content (AvgIpc) is 3.04. The zero-order valence-electron chi connectivity index (χ0n) is 14.4. The minimum Gasteiger partial charge on any atom is -0.470 e. The van der Waals surface area contributed by atoms with Crippen LogP contribution in [0.1, 0.15) is 22.6 Å². The second kappa shape index (κ2) is 7.13. The number of ether oxygens (including phenoxy) is 2. The number of aromatic nitrogens is 3. The lowest BCUT2D eigenvalue weighted by Crippen LogP contribution is -2.51. The monoisotopic (exact) mass is 352 g/mol. The first-order valence-corrected chi connectivity index (χ1v) is 8.62. The first kappa shape index (κ1) is 16.5. The number of nitrogens with zero attached hydrogens (tertiary/aromatic N) is 2. The number of nitrogens with one attached hydrogen (secondary N) is 2. The van der Waals surface area contributed by atoms with Crippen LogP contribution in [0.4, 0.5) is 0 Å². The van der Waals surface area contributed by atoms with E-state index in [1.165, 1.54) is 0 Å². The number of hydrogen-bond acceptors (Lipinski definition) is 5. The van der Waals surface area contributed by atoms with Crippen LogP contribution in [0.3, 0.4) is 0 Å². The van der Waals surface area contributed by atoms with Crippen molar-refractivity contribution >= 4 is 16.9 Å². The number of H-pyrrole nitrogens is 1. The van der Waals surface area contributed by atoms with Crippen LogP contribution in [0.5, 0.6) is 5.88 Å². The Labute approximate surface area is 150 Å². The van der Waals surface area contributed by atoms with E-state index in [-0.39, 0.29) is 18.1 Å². The number of fused-ring (bicyclic) bond motifs is 1. The average molecular weight is 352 g/mol. The molecule has 2 atom stereocenters. The highest BCUT2D eigenvalue weighted by Gasteiger charge is 2.30. The van der Waals surface area contributed by atoms with Gasteiger partial charge in [0, 0.05) is 18.9 Å². The molecule has 0 unspecified atom stereocenters. The van der Waals surface area contributed by atoms with Gasteiger partial charge in [-0.25, -0.2) is 9.97 Å². The number of hydrogen-bond donors (Lipinski definition) is 2. The van der Waals surface area contributed by atoms with E-state index in [1.807, 2.05) is 31.2 Å². The summed E-state index contributed by atoms with van der Waals surface area (Å²) in [5, 5.41) is 3.08. The third-order valence-corrected chi connectivity index (χ3v) is 4.41. The number of carbonyl (C=O) groups is 1. The number of imidazole rings is 1. The van der Waals surface area contributed by atoms with Crippen molar-refractivity contribution < 1.29 is 14.3 Å². The van der Waals surface area contributed by atoms with E-state index < -0.39 is 0 Å². The summed E-state index contributed by atoms with van der Waals surface area (Å²) in [6.45, 7) is 2.86. The molecule has 4 rings (SSSR count). The molecular weight excluding hydrogens is 332 g/mol. The number of pyridine rings is 1. The molecule has 7 nitrogen and oxygen atoms in total. The molecule has 134 valence electrons. The molecule has 3 aromatic rings. The molecule has 0 saturated carbocycles. The lowest BCUT2D eigenvalue weighted by Gasteiger charge is -2.32. The molecule has 0 radical (unpaired) electrons. The van der Waals surface area contributed by atoms with Crippen molar-refractivity contribution in [3.63, 3.8) is 0 Å². The largest absolute Gasteiger partial charge is 0.470 e. The van der Waals surface area contributed by atoms with Gasteiger partial charge in [0.15, 0.2) is 0 Å². The molecule has 0 aliphatic carbocycles. The minimum absolute atomic E-state index is 0.159. The molecule has 2 aromatic heterocycles. The smallest absolute Gasteiger partial charge is 0.253 e. The summed E-state index contributed by atoms with van der Waals surface area (Å²) in [5.41, 5.74) is 2.08. The van der Waals surface area contributed by atoms with Gasteiger partial charge in [-0.2, -0.15) is 0 Å². The fourth-order valence-electron chi connectivity index (χ4n) is 3.15. The molecule has 7 heteroatoms. The molecule has 1 saturated heterocycles. The lowest BCUT2D eigenvalue weighted by molar-refractivity contribution is -0.0152. The molecule has 26 heavy (non-hydrogen) atoms. The summed E-state index contributed by atoms with van der Waals surface area (Å²) in [6.07, 6.45) is 2.06. The molecule has 1 aromatic carbocycles. The van der Waals surface area contributed by atoms with E-state index in [4.69, 9.17) is 9.47 Å². The Balaban J connectivity index is 1.53. The lowest BCUT2D eigenvalue weighted by atomic mass is 10.0.